The summed E-state index contributed by atoms with van der Waals surface area (Å²) < 4.78 is 39.9. The Labute approximate surface area is 149 Å². The molecule has 2 N–H and O–H groups in total. The lowest BCUT2D eigenvalue weighted by molar-refractivity contribution is -0.138. The lowest BCUT2D eigenvalue weighted by Crippen LogP contribution is -2.45. The van der Waals surface area contributed by atoms with E-state index in [4.69, 9.17) is 0 Å². The molecule has 7 heteroatoms. The van der Waals surface area contributed by atoms with Gasteiger partial charge in [-0.25, -0.2) is 13.2 Å². The Morgan fingerprint density at radius 3 is 2.15 bits per heavy atom. The number of hydrogen-bond donors (Lipinski definition) is 2. The minimum atomic E-state index is -1.69. The van der Waals surface area contributed by atoms with Crippen LogP contribution in [0.2, 0.25) is 0 Å². The van der Waals surface area contributed by atoms with Gasteiger partial charge in [-0.3, -0.25) is 9.59 Å². The first kappa shape index (κ1) is 19.5. The summed E-state index contributed by atoms with van der Waals surface area (Å²) in [5.41, 5.74) is -0.157. The van der Waals surface area contributed by atoms with Crippen molar-refractivity contribution in [3.63, 3.8) is 0 Å². The molecule has 0 bridgehead atoms. The molecule has 26 heavy (non-hydrogen) atoms. The van der Waals surface area contributed by atoms with Crippen LogP contribution in [0.5, 0.6) is 0 Å². The highest BCUT2D eigenvalue weighted by Gasteiger charge is 2.36. The average molecular weight is 364 g/mol. The molecule has 0 spiro atoms. The molecule has 0 aliphatic rings. The van der Waals surface area contributed by atoms with Crippen LogP contribution in [0.4, 0.5) is 18.9 Å². The molecule has 0 saturated carbocycles. The van der Waals surface area contributed by atoms with Gasteiger partial charge >= 0.3 is 0 Å². The third kappa shape index (κ3) is 4.22. The molecule has 2 rings (SSSR count). The zero-order valence-corrected chi connectivity index (χ0v) is 14.6. The standard InChI is InChI=1S/C19H19F3N2O2/c1-11-4-6-12(7-5-11)10-23-17(25)19(2,3)18(26)24-14-9-8-13(20)15(21)16(14)22/h4-9H,10H2,1-3H3,(H,23,25)(H,24,26). The number of rotatable bonds is 5. The molecule has 0 atom stereocenters. The third-order valence-corrected chi connectivity index (χ3v) is 3.99. The summed E-state index contributed by atoms with van der Waals surface area (Å²) in [4.78, 5) is 24.7. The lowest BCUT2D eigenvalue weighted by Gasteiger charge is -2.23. The maximum absolute atomic E-state index is 13.7. The second-order valence-electron chi connectivity index (χ2n) is 6.47. The zero-order chi connectivity index (χ0) is 19.5. The topological polar surface area (TPSA) is 58.2 Å². The second-order valence-corrected chi connectivity index (χ2v) is 6.47. The van der Waals surface area contributed by atoms with Gasteiger partial charge < -0.3 is 10.6 Å². The lowest BCUT2D eigenvalue weighted by atomic mass is 9.90. The monoisotopic (exact) mass is 364 g/mol. The van der Waals surface area contributed by atoms with Crippen LogP contribution in [-0.4, -0.2) is 11.8 Å². The number of halogens is 3. The summed E-state index contributed by atoms with van der Waals surface area (Å²) in [5, 5.41) is 4.76. The second kappa shape index (κ2) is 7.59. The van der Waals surface area contributed by atoms with Crippen LogP contribution in [0.15, 0.2) is 36.4 Å². The fourth-order valence-electron chi connectivity index (χ4n) is 2.11. The van der Waals surface area contributed by atoms with Gasteiger partial charge in [-0.15, -0.1) is 0 Å². The van der Waals surface area contributed by atoms with Crippen molar-refractivity contribution in [1.29, 1.82) is 0 Å². The minimum absolute atomic E-state index is 0.218. The molecule has 138 valence electrons. The number of nitrogens with one attached hydrogen (secondary N) is 2. The maximum Gasteiger partial charge on any atom is 0.239 e. The van der Waals surface area contributed by atoms with Crippen molar-refractivity contribution in [2.24, 2.45) is 5.41 Å². The number of amides is 2. The van der Waals surface area contributed by atoms with Crippen molar-refractivity contribution in [2.75, 3.05) is 5.32 Å². The summed E-state index contributed by atoms with van der Waals surface area (Å²) in [5.74, 6) is -6.00. The van der Waals surface area contributed by atoms with Crippen LogP contribution < -0.4 is 10.6 Å². The molecule has 0 aliphatic heterocycles. The average Bonchev–Trinajstić information content (AvgIpc) is 2.61. The SMILES string of the molecule is Cc1ccc(CNC(=O)C(C)(C)C(=O)Nc2ccc(F)c(F)c2F)cc1. The highest BCUT2D eigenvalue weighted by molar-refractivity contribution is 6.09. The van der Waals surface area contributed by atoms with E-state index in [-0.39, 0.29) is 6.54 Å². The van der Waals surface area contributed by atoms with E-state index in [1.807, 2.05) is 31.2 Å². The number of aryl methyl sites for hydroxylation is 1. The van der Waals surface area contributed by atoms with Gasteiger partial charge in [0.25, 0.3) is 0 Å². The van der Waals surface area contributed by atoms with Crippen LogP contribution >= 0.6 is 0 Å². The van der Waals surface area contributed by atoms with E-state index in [0.29, 0.717) is 6.07 Å². The van der Waals surface area contributed by atoms with E-state index < -0.39 is 40.4 Å². The highest BCUT2D eigenvalue weighted by atomic mass is 19.2. The molecule has 0 radical (unpaired) electrons. The van der Waals surface area contributed by atoms with Gasteiger partial charge in [0, 0.05) is 6.54 Å². The first-order valence-electron chi connectivity index (χ1n) is 7.91. The normalized spacial score (nSPS) is 11.2. The van der Waals surface area contributed by atoms with Crippen LogP contribution in [0.3, 0.4) is 0 Å². The van der Waals surface area contributed by atoms with E-state index in [2.05, 4.69) is 10.6 Å². The number of anilines is 1. The Hall–Kier alpha value is -2.83. The molecular formula is C19H19F3N2O2. The van der Waals surface area contributed by atoms with Gasteiger partial charge in [0.15, 0.2) is 17.5 Å². The first-order chi connectivity index (χ1) is 12.1. The summed E-state index contributed by atoms with van der Waals surface area (Å²) >= 11 is 0. The molecule has 2 amide bonds. The fraction of sp³-hybridized carbons (Fsp3) is 0.263. The Morgan fingerprint density at radius 1 is 0.923 bits per heavy atom. The third-order valence-electron chi connectivity index (χ3n) is 3.99. The Morgan fingerprint density at radius 2 is 1.54 bits per heavy atom. The largest absolute Gasteiger partial charge is 0.351 e. The highest BCUT2D eigenvalue weighted by Crippen LogP contribution is 2.23. The molecule has 0 heterocycles. The Balaban J connectivity index is 2.05. The van der Waals surface area contributed by atoms with Crippen LogP contribution in [0, 0.1) is 29.8 Å². The Bertz CT molecular complexity index is 833. The minimum Gasteiger partial charge on any atom is -0.351 e. The molecule has 0 unspecified atom stereocenters. The van der Waals surface area contributed by atoms with Gasteiger partial charge in [0.1, 0.15) is 5.41 Å². The van der Waals surface area contributed by atoms with Crippen molar-refractivity contribution in [3.05, 3.63) is 65.0 Å². The van der Waals surface area contributed by atoms with Crippen molar-refractivity contribution in [3.8, 4) is 0 Å². The number of hydrogen-bond acceptors (Lipinski definition) is 2. The fourth-order valence-corrected chi connectivity index (χ4v) is 2.11. The van der Waals surface area contributed by atoms with Crippen LogP contribution in [0.1, 0.15) is 25.0 Å². The maximum atomic E-state index is 13.7. The van der Waals surface area contributed by atoms with Crippen LogP contribution in [0.25, 0.3) is 0 Å². The molecule has 0 fully saturated rings. The molecule has 4 nitrogen and oxygen atoms in total. The van der Waals surface area contributed by atoms with E-state index in [1.165, 1.54) is 13.8 Å². The molecule has 2 aromatic carbocycles. The predicted octanol–water partition coefficient (Wildman–Crippen LogP) is 3.69. The van der Waals surface area contributed by atoms with E-state index in [9.17, 15) is 22.8 Å². The molecule has 2 aromatic rings. The first-order valence-corrected chi connectivity index (χ1v) is 7.91. The van der Waals surface area contributed by atoms with Crippen LogP contribution in [-0.2, 0) is 16.1 Å². The van der Waals surface area contributed by atoms with E-state index in [0.717, 1.165) is 17.2 Å². The molecule has 0 aliphatic carbocycles. The number of benzene rings is 2. The summed E-state index contributed by atoms with van der Waals surface area (Å²) in [7, 11) is 0. The van der Waals surface area contributed by atoms with Crippen molar-refractivity contribution < 1.29 is 22.8 Å². The van der Waals surface area contributed by atoms with E-state index in [1.54, 1.807) is 0 Å². The molecular weight excluding hydrogens is 345 g/mol. The van der Waals surface area contributed by atoms with Crippen molar-refractivity contribution in [1.82, 2.24) is 5.32 Å². The quantitative estimate of drug-likeness (QED) is 0.628. The van der Waals surface area contributed by atoms with Gasteiger partial charge in [0.2, 0.25) is 11.8 Å². The van der Waals surface area contributed by atoms with Gasteiger partial charge in [-0.2, -0.15) is 0 Å². The smallest absolute Gasteiger partial charge is 0.239 e. The van der Waals surface area contributed by atoms with Gasteiger partial charge in [0.05, 0.1) is 5.69 Å². The number of carbonyl (C=O) groups excluding carboxylic acids is 2. The van der Waals surface area contributed by atoms with Gasteiger partial charge in [-0.05, 0) is 38.5 Å². The summed E-state index contributed by atoms with van der Waals surface area (Å²) in [6.07, 6.45) is 0. The summed E-state index contributed by atoms with van der Waals surface area (Å²) in [6.45, 7) is 4.86. The Kier molecular flexibility index (Phi) is 5.69. The number of carbonyl (C=O) groups is 2. The zero-order valence-electron chi connectivity index (χ0n) is 14.6. The molecule has 0 aromatic heterocycles. The summed E-state index contributed by atoms with van der Waals surface area (Å²) in [6, 6.07) is 9.07. The van der Waals surface area contributed by atoms with Crippen molar-refractivity contribution >= 4 is 17.5 Å². The van der Waals surface area contributed by atoms with E-state index >= 15 is 0 Å². The predicted molar refractivity (Wildman–Crippen MR) is 91.8 cm³/mol. The van der Waals surface area contributed by atoms with Gasteiger partial charge in [-0.1, -0.05) is 29.8 Å². The van der Waals surface area contributed by atoms with Crippen molar-refractivity contribution in [2.45, 2.75) is 27.3 Å². The molecule has 0 saturated heterocycles.